The van der Waals surface area contributed by atoms with Crippen LogP contribution in [0, 0.1) is 18.7 Å². The molecule has 1 heterocycles. The molecule has 0 saturated heterocycles. The molecule has 2 N–H and O–H groups in total. The topological polar surface area (TPSA) is 105 Å². The number of nitrogens with zero attached hydrogens (tertiary/aromatic N) is 2. The third kappa shape index (κ3) is 4.61. The molecule has 2 rings (SSSR count). The molecule has 24 heavy (non-hydrogen) atoms. The van der Waals surface area contributed by atoms with Crippen molar-refractivity contribution in [2.24, 2.45) is 5.92 Å². The number of aliphatic carboxylic acids is 1. The number of aromatic nitrogens is 2. The van der Waals surface area contributed by atoms with E-state index in [0.29, 0.717) is 11.1 Å². The Labute approximate surface area is 137 Å². The Hall–Kier alpha value is -2.77. The van der Waals surface area contributed by atoms with Crippen molar-refractivity contribution < 1.29 is 23.6 Å². The molecule has 0 spiro atoms. The number of carbonyl (C=O) groups excluding carboxylic acids is 1. The normalized spacial score (nSPS) is 12.0. The lowest BCUT2D eigenvalue weighted by atomic mass is 10.1. The number of carboxylic acids is 1. The van der Waals surface area contributed by atoms with Gasteiger partial charge >= 0.3 is 5.97 Å². The summed E-state index contributed by atoms with van der Waals surface area (Å²) in [6, 6.07) is 4.63. The van der Waals surface area contributed by atoms with Gasteiger partial charge in [-0.2, -0.15) is 4.98 Å². The van der Waals surface area contributed by atoms with Crippen LogP contribution >= 0.6 is 0 Å². The predicted octanol–water partition coefficient (Wildman–Crippen LogP) is 1.95. The first kappa shape index (κ1) is 17.6. The summed E-state index contributed by atoms with van der Waals surface area (Å²) in [4.78, 5) is 26.4. The zero-order chi connectivity index (χ0) is 17.7. The minimum absolute atomic E-state index is 0.0614. The van der Waals surface area contributed by atoms with Crippen LogP contribution in [0.25, 0.3) is 11.4 Å². The van der Waals surface area contributed by atoms with Crippen LogP contribution in [0.2, 0.25) is 0 Å². The number of aryl methyl sites for hydroxylation is 2. The third-order valence-corrected chi connectivity index (χ3v) is 3.49. The van der Waals surface area contributed by atoms with Crippen molar-refractivity contribution in [1.29, 1.82) is 0 Å². The maximum atomic E-state index is 13.6. The summed E-state index contributed by atoms with van der Waals surface area (Å²) in [5, 5.41) is 15.0. The van der Waals surface area contributed by atoms with Gasteiger partial charge in [0, 0.05) is 24.9 Å². The van der Waals surface area contributed by atoms with E-state index < -0.39 is 11.9 Å². The van der Waals surface area contributed by atoms with Gasteiger partial charge in [-0.15, -0.1) is 0 Å². The van der Waals surface area contributed by atoms with Gasteiger partial charge in [0.2, 0.25) is 17.6 Å². The maximum absolute atomic E-state index is 13.6. The SMILES string of the molecule is Cc1ccc(-c2noc(CCC(=O)NCC(C)C(=O)O)n2)cc1F. The Bertz CT molecular complexity index is 745. The standard InChI is InChI=1S/C16H18FN3O4/c1-9-3-4-11(7-12(9)17)15-19-14(24-20-15)6-5-13(21)18-8-10(2)16(22)23/h3-4,7,10H,5-6,8H2,1-2H3,(H,18,21)(H,22,23). The molecule has 0 aliphatic carbocycles. The quantitative estimate of drug-likeness (QED) is 0.801. The van der Waals surface area contributed by atoms with Crippen molar-refractivity contribution in [2.45, 2.75) is 26.7 Å². The Morgan fingerprint density at radius 3 is 2.83 bits per heavy atom. The molecule has 0 fully saturated rings. The van der Waals surface area contributed by atoms with Crippen LogP contribution in [0.1, 0.15) is 24.8 Å². The Balaban J connectivity index is 1.88. The molecule has 7 nitrogen and oxygen atoms in total. The summed E-state index contributed by atoms with van der Waals surface area (Å²) in [6.07, 6.45) is 0.310. The van der Waals surface area contributed by atoms with Crippen LogP contribution in [0.4, 0.5) is 4.39 Å². The highest BCUT2D eigenvalue weighted by Gasteiger charge is 2.14. The molecule has 0 radical (unpaired) electrons. The zero-order valence-electron chi connectivity index (χ0n) is 13.4. The zero-order valence-corrected chi connectivity index (χ0v) is 13.4. The van der Waals surface area contributed by atoms with Gasteiger partial charge < -0.3 is 14.9 Å². The summed E-state index contributed by atoms with van der Waals surface area (Å²) in [6.45, 7) is 3.23. The van der Waals surface area contributed by atoms with Gasteiger partial charge in [-0.25, -0.2) is 4.39 Å². The summed E-state index contributed by atoms with van der Waals surface area (Å²) >= 11 is 0. The average molecular weight is 335 g/mol. The van der Waals surface area contributed by atoms with Crippen LogP contribution in [-0.4, -0.2) is 33.7 Å². The number of benzene rings is 1. The molecule has 0 aliphatic rings. The monoisotopic (exact) mass is 335 g/mol. The van der Waals surface area contributed by atoms with E-state index in [1.807, 2.05) is 0 Å². The summed E-state index contributed by atoms with van der Waals surface area (Å²) in [7, 11) is 0. The predicted molar refractivity (Wildman–Crippen MR) is 82.6 cm³/mol. The maximum Gasteiger partial charge on any atom is 0.308 e. The number of carbonyl (C=O) groups is 2. The number of carboxylic acid groups (broad SMARTS) is 1. The summed E-state index contributed by atoms with van der Waals surface area (Å²) in [5.74, 6) is -1.77. The van der Waals surface area contributed by atoms with Crippen molar-refractivity contribution in [1.82, 2.24) is 15.5 Å². The van der Waals surface area contributed by atoms with Crippen molar-refractivity contribution in [2.75, 3.05) is 6.54 Å². The van der Waals surface area contributed by atoms with Crippen molar-refractivity contribution in [3.63, 3.8) is 0 Å². The first-order valence-electron chi connectivity index (χ1n) is 7.45. The smallest absolute Gasteiger partial charge is 0.308 e. The van der Waals surface area contributed by atoms with E-state index in [4.69, 9.17) is 9.63 Å². The van der Waals surface area contributed by atoms with Gasteiger partial charge in [-0.1, -0.05) is 24.2 Å². The minimum Gasteiger partial charge on any atom is -0.481 e. The molecule has 1 amide bonds. The van der Waals surface area contributed by atoms with E-state index in [1.165, 1.54) is 13.0 Å². The molecule has 0 saturated carbocycles. The van der Waals surface area contributed by atoms with Crippen LogP contribution < -0.4 is 5.32 Å². The minimum atomic E-state index is -0.970. The lowest BCUT2D eigenvalue weighted by Crippen LogP contribution is -2.31. The van der Waals surface area contributed by atoms with Gasteiger partial charge in [-0.05, 0) is 18.6 Å². The molecule has 8 heteroatoms. The molecule has 0 aliphatic heterocycles. The fourth-order valence-electron chi connectivity index (χ4n) is 1.87. The molecule has 0 bridgehead atoms. The number of hydrogen-bond acceptors (Lipinski definition) is 5. The van der Waals surface area contributed by atoms with Gasteiger partial charge in [-0.3, -0.25) is 9.59 Å². The molecule has 1 aromatic carbocycles. The number of nitrogens with one attached hydrogen (secondary N) is 1. The van der Waals surface area contributed by atoms with Crippen molar-refractivity contribution in [3.8, 4) is 11.4 Å². The second-order valence-electron chi connectivity index (χ2n) is 5.52. The van der Waals surface area contributed by atoms with Gasteiger partial charge in [0.25, 0.3) is 0 Å². The van der Waals surface area contributed by atoms with E-state index >= 15 is 0 Å². The van der Waals surface area contributed by atoms with Crippen LogP contribution in [-0.2, 0) is 16.0 Å². The van der Waals surface area contributed by atoms with Crippen LogP contribution in [0.5, 0.6) is 0 Å². The van der Waals surface area contributed by atoms with E-state index in [9.17, 15) is 14.0 Å². The summed E-state index contributed by atoms with van der Waals surface area (Å²) in [5.41, 5.74) is 1.02. The van der Waals surface area contributed by atoms with E-state index in [0.717, 1.165) is 0 Å². The molecular formula is C16H18FN3O4. The lowest BCUT2D eigenvalue weighted by molar-refractivity contribution is -0.141. The Morgan fingerprint density at radius 1 is 1.42 bits per heavy atom. The lowest BCUT2D eigenvalue weighted by Gasteiger charge is -2.07. The second kappa shape index (κ2) is 7.67. The van der Waals surface area contributed by atoms with Gasteiger partial charge in [0.05, 0.1) is 5.92 Å². The number of rotatable bonds is 7. The Morgan fingerprint density at radius 2 is 2.17 bits per heavy atom. The highest BCUT2D eigenvalue weighted by Crippen LogP contribution is 2.19. The fraction of sp³-hybridized carbons (Fsp3) is 0.375. The van der Waals surface area contributed by atoms with Crippen molar-refractivity contribution in [3.05, 3.63) is 35.5 Å². The van der Waals surface area contributed by atoms with E-state index in [1.54, 1.807) is 19.1 Å². The summed E-state index contributed by atoms with van der Waals surface area (Å²) < 4.78 is 18.6. The molecular weight excluding hydrogens is 317 g/mol. The fourth-order valence-corrected chi connectivity index (χ4v) is 1.87. The Kier molecular flexibility index (Phi) is 5.62. The van der Waals surface area contributed by atoms with Crippen molar-refractivity contribution >= 4 is 11.9 Å². The molecule has 1 aromatic heterocycles. The molecule has 128 valence electrons. The van der Waals surface area contributed by atoms with Crippen LogP contribution in [0.3, 0.4) is 0 Å². The largest absolute Gasteiger partial charge is 0.481 e. The third-order valence-electron chi connectivity index (χ3n) is 3.49. The highest BCUT2D eigenvalue weighted by molar-refractivity contribution is 5.77. The first-order chi connectivity index (χ1) is 11.4. The average Bonchev–Trinajstić information content (AvgIpc) is 3.02. The number of amides is 1. The number of halogens is 1. The van der Waals surface area contributed by atoms with Crippen LogP contribution in [0.15, 0.2) is 22.7 Å². The second-order valence-corrected chi connectivity index (χ2v) is 5.52. The van der Waals surface area contributed by atoms with E-state index in [2.05, 4.69) is 15.5 Å². The molecule has 2 aromatic rings. The molecule has 1 atom stereocenters. The highest BCUT2D eigenvalue weighted by atomic mass is 19.1. The van der Waals surface area contributed by atoms with Gasteiger partial charge in [0.1, 0.15) is 5.82 Å². The van der Waals surface area contributed by atoms with Gasteiger partial charge in [0.15, 0.2) is 0 Å². The van der Waals surface area contributed by atoms with E-state index in [-0.39, 0.29) is 42.8 Å². The number of hydrogen-bond donors (Lipinski definition) is 2. The molecule has 1 unspecified atom stereocenters. The first-order valence-corrected chi connectivity index (χ1v) is 7.45.